The Kier molecular flexibility index (Phi) is 4.30. The molecule has 0 aliphatic rings. The van der Waals surface area contributed by atoms with E-state index in [-0.39, 0.29) is 5.56 Å². The first-order valence-corrected chi connectivity index (χ1v) is 6.15. The molecule has 2 aromatic carbocycles. The van der Waals surface area contributed by atoms with E-state index in [1.807, 2.05) is 0 Å². The van der Waals surface area contributed by atoms with Crippen molar-refractivity contribution in [3.8, 4) is 11.1 Å². The number of halogens is 4. The van der Waals surface area contributed by atoms with Gasteiger partial charge in [0.2, 0.25) is 0 Å². The summed E-state index contributed by atoms with van der Waals surface area (Å²) in [5.74, 6) is -1.81. The molecule has 2 nitrogen and oxygen atoms in total. The fourth-order valence-electron chi connectivity index (χ4n) is 1.88. The lowest BCUT2D eigenvalue weighted by Gasteiger charge is -2.08. The summed E-state index contributed by atoms with van der Waals surface area (Å²) in [4.78, 5) is 10.4. The molecule has 0 spiro atoms. The third kappa shape index (κ3) is 3.72. The maximum atomic E-state index is 14.0. The number of carboxylic acids is 1. The molecule has 0 heterocycles. The monoisotopic (exact) mass is 310 g/mol. The zero-order valence-electron chi connectivity index (χ0n) is 11.1. The second-order valence-electron chi connectivity index (χ2n) is 4.49. The number of hydrogen-bond donors (Lipinski definition) is 1. The minimum atomic E-state index is -4.44. The molecule has 2 rings (SSSR count). The summed E-state index contributed by atoms with van der Waals surface area (Å²) in [5.41, 5.74) is -0.0197. The van der Waals surface area contributed by atoms with Gasteiger partial charge in [-0.2, -0.15) is 13.2 Å². The molecule has 0 bridgehead atoms. The van der Waals surface area contributed by atoms with Crippen LogP contribution >= 0.6 is 0 Å². The molecule has 0 amide bonds. The van der Waals surface area contributed by atoms with E-state index in [1.165, 1.54) is 30.3 Å². The second kappa shape index (κ2) is 6.01. The first-order chi connectivity index (χ1) is 10.3. The molecule has 0 aromatic heterocycles. The zero-order chi connectivity index (χ0) is 16.3. The van der Waals surface area contributed by atoms with Crippen LogP contribution in [0.1, 0.15) is 11.1 Å². The number of hydrogen-bond acceptors (Lipinski definition) is 1. The van der Waals surface area contributed by atoms with Crippen LogP contribution < -0.4 is 0 Å². The fourth-order valence-corrected chi connectivity index (χ4v) is 1.88. The summed E-state index contributed by atoms with van der Waals surface area (Å²) in [7, 11) is 0. The van der Waals surface area contributed by atoms with E-state index >= 15 is 0 Å². The summed E-state index contributed by atoms with van der Waals surface area (Å²) in [6.45, 7) is 0. The van der Waals surface area contributed by atoms with Crippen LogP contribution in [0.15, 0.2) is 48.5 Å². The zero-order valence-corrected chi connectivity index (χ0v) is 11.1. The normalized spacial score (nSPS) is 11.8. The highest BCUT2D eigenvalue weighted by atomic mass is 19.4. The Hall–Kier alpha value is -2.63. The molecular weight excluding hydrogens is 300 g/mol. The van der Waals surface area contributed by atoms with Gasteiger partial charge in [-0.3, -0.25) is 0 Å². The van der Waals surface area contributed by atoms with Gasteiger partial charge >= 0.3 is 12.1 Å². The van der Waals surface area contributed by atoms with Crippen LogP contribution in [0, 0.1) is 5.82 Å². The molecule has 0 saturated heterocycles. The van der Waals surface area contributed by atoms with Crippen LogP contribution in [0.2, 0.25) is 0 Å². The summed E-state index contributed by atoms with van der Waals surface area (Å²) in [5, 5.41) is 8.50. The van der Waals surface area contributed by atoms with Crippen LogP contribution in [0.5, 0.6) is 0 Å². The van der Waals surface area contributed by atoms with Crippen LogP contribution in [0.3, 0.4) is 0 Å². The molecule has 6 heteroatoms. The average Bonchev–Trinajstić information content (AvgIpc) is 2.44. The molecule has 22 heavy (non-hydrogen) atoms. The van der Waals surface area contributed by atoms with Crippen molar-refractivity contribution >= 4 is 12.0 Å². The number of carboxylic acid groups (broad SMARTS) is 1. The van der Waals surface area contributed by atoms with Crippen molar-refractivity contribution in [3.63, 3.8) is 0 Å². The number of rotatable bonds is 3. The molecule has 2 aromatic rings. The largest absolute Gasteiger partial charge is 0.478 e. The Morgan fingerprint density at radius 1 is 1.05 bits per heavy atom. The van der Waals surface area contributed by atoms with Crippen LogP contribution in [-0.4, -0.2) is 11.1 Å². The van der Waals surface area contributed by atoms with Crippen molar-refractivity contribution in [2.45, 2.75) is 6.18 Å². The van der Waals surface area contributed by atoms with Gasteiger partial charge in [0, 0.05) is 11.6 Å². The number of aliphatic carboxylic acids is 1. The van der Waals surface area contributed by atoms with Crippen molar-refractivity contribution < 1.29 is 27.5 Å². The lowest BCUT2D eigenvalue weighted by molar-refractivity contribution is -0.137. The van der Waals surface area contributed by atoms with E-state index in [2.05, 4.69) is 0 Å². The maximum absolute atomic E-state index is 14.0. The minimum absolute atomic E-state index is 0.140. The van der Waals surface area contributed by atoms with E-state index in [0.717, 1.165) is 24.3 Å². The lowest BCUT2D eigenvalue weighted by atomic mass is 10.0. The van der Waals surface area contributed by atoms with Crippen molar-refractivity contribution in [2.24, 2.45) is 0 Å². The van der Waals surface area contributed by atoms with Gasteiger partial charge in [-0.25, -0.2) is 9.18 Å². The highest BCUT2D eigenvalue weighted by molar-refractivity contribution is 5.85. The van der Waals surface area contributed by atoms with E-state index < -0.39 is 23.5 Å². The van der Waals surface area contributed by atoms with Crippen LogP contribution in [-0.2, 0) is 11.0 Å². The van der Waals surface area contributed by atoms with Gasteiger partial charge in [0.15, 0.2) is 0 Å². The van der Waals surface area contributed by atoms with Gasteiger partial charge in [0.25, 0.3) is 0 Å². The van der Waals surface area contributed by atoms with Gasteiger partial charge in [-0.1, -0.05) is 24.3 Å². The number of carbonyl (C=O) groups is 1. The Bertz CT molecular complexity index is 716. The highest BCUT2D eigenvalue weighted by Crippen LogP contribution is 2.31. The Morgan fingerprint density at radius 2 is 1.68 bits per heavy atom. The fraction of sp³-hybridized carbons (Fsp3) is 0.0625. The van der Waals surface area contributed by atoms with E-state index in [1.54, 1.807) is 0 Å². The van der Waals surface area contributed by atoms with E-state index in [0.29, 0.717) is 11.1 Å². The van der Waals surface area contributed by atoms with Crippen molar-refractivity contribution in [3.05, 3.63) is 65.5 Å². The second-order valence-corrected chi connectivity index (χ2v) is 4.49. The lowest BCUT2D eigenvalue weighted by Crippen LogP contribution is -2.04. The van der Waals surface area contributed by atoms with Crippen molar-refractivity contribution in [2.75, 3.05) is 0 Å². The molecule has 0 fully saturated rings. The van der Waals surface area contributed by atoms with Crippen LogP contribution in [0.25, 0.3) is 17.2 Å². The quantitative estimate of drug-likeness (QED) is 0.664. The van der Waals surface area contributed by atoms with Gasteiger partial charge in [0.05, 0.1) is 5.56 Å². The number of benzene rings is 2. The first-order valence-electron chi connectivity index (χ1n) is 6.15. The van der Waals surface area contributed by atoms with Gasteiger partial charge in [-0.15, -0.1) is 0 Å². The molecule has 114 valence electrons. The Labute approximate surface area is 123 Å². The van der Waals surface area contributed by atoms with E-state index in [4.69, 9.17) is 5.11 Å². The average molecular weight is 310 g/mol. The maximum Gasteiger partial charge on any atom is 0.416 e. The Morgan fingerprint density at radius 3 is 2.18 bits per heavy atom. The molecule has 0 saturated carbocycles. The summed E-state index contributed by atoms with van der Waals surface area (Å²) >= 11 is 0. The molecule has 0 radical (unpaired) electrons. The van der Waals surface area contributed by atoms with Gasteiger partial charge in [0.1, 0.15) is 5.82 Å². The van der Waals surface area contributed by atoms with Crippen molar-refractivity contribution in [1.29, 1.82) is 0 Å². The molecule has 0 atom stereocenters. The third-order valence-corrected chi connectivity index (χ3v) is 2.93. The standard InChI is InChI=1S/C16H10F4O2/c17-14-9-10(2-8-15(21)22)1-7-13(14)11-3-5-12(6-4-11)16(18,19)20/h1-9H,(H,21,22)/b8-2+. The topological polar surface area (TPSA) is 37.3 Å². The SMILES string of the molecule is O=C(O)/C=C/c1ccc(-c2ccc(C(F)(F)F)cc2)c(F)c1. The predicted octanol–water partition coefficient (Wildman–Crippen LogP) is 4.61. The van der Waals surface area contributed by atoms with Crippen LogP contribution in [0.4, 0.5) is 17.6 Å². The minimum Gasteiger partial charge on any atom is -0.478 e. The summed E-state index contributed by atoms with van der Waals surface area (Å²) in [6.07, 6.45) is -2.35. The summed E-state index contributed by atoms with van der Waals surface area (Å²) < 4.78 is 51.4. The first kappa shape index (κ1) is 15.8. The third-order valence-electron chi connectivity index (χ3n) is 2.93. The van der Waals surface area contributed by atoms with Gasteiger partial charge < -0.3 is 5.11 Å². The molecule has 0 aliphatic carbocycles. The predicted molar refractivity (Wildman–Crippen MR) is 73.5 cm³/mol. The van der Waals surface area contributed by atoms with Gasteiger partial charge in [-0.05, 0) is 35.4 Å². The Balaban J connectivity index is 2.31. The molecule has 0 aliphatic heterocycles. The number of alkyl halides is 3. The molecular formula is C16H10F4O2. The molecule has 1 N–H and O–H groups in total. The highest BCUT2D eigenvalue weighted by Gasteiger charge is 2.30. The molecule has 0 unspecified atom stereocenters. The summed E-state index contributed by atoms with van der Waals surface area (Å²) in [6, 6.07) is 8.13. The van der Waals surface area contributed by atoms with E-state index in [9.17, 15) is 22.4 Å². The smallest absolute Gasteiger partial charge is 0.416 e. The van der Waals surface area contributed by atoms with Crippen molar-refractivity contribution in [1.82, 2.24) is 0 Å².